The van der Waals surface area contributed by atoms with Crippen LogP contribution in [0.15, 0.2) is 35.3 Å². The smallest absolute Gasteiger partial charge is 0.239 e. The number of hydrogen-bond acceptors (Lipinski definition) is 3. The van der Waals surface area contributed by atoms with E-state index in [-0.39, 0.29) is 47.9 Å². The third-order valence-corrected chi connectivity index (χ3v) is 5.05. The van der Waals surface area contributed by atoms with E-state index in [2.05, 4.69) is 53.8 Å². The van der Waals surface area contributed by atoms with Crippen LogP contribution >= 0.6 is 24.0 Å². The van der Waals surface area contributed by atoms with Crippen molar-refractivity contribution in [2.45, 2.75) is 46.1 Å². The molecule has 0 spiro atoms. The van der Waals surface area contributed by atoms with E-state index in [1.54, 1.807) is 7.05 Å². The zero-order valence-electron chi connectivity index (χ0n) is 18.2. The predicted octanol–water partition coefficient (Wildman–Crippen LogP) is 2.97. The lowest BCUT2D eigenvalue weighted by Gasteiger charge is -2.40. The summed E-state index contributed by atoms with van der Waals surface area (Å²) in [5.74, 6) is 1.05. The summed E-state index contributed by atoms with van der Waals surface area (Å²) in [6.07, 6.45) is 3.30. The molecule has 1 aliphatic rings. The van der Waals surface area contributed by atoms with E-state index in [4.69, 9.17) is 4.74 Å². The standard InChI is InChI=1S/C22H36N4O2.HI/c1-22(2,3)20-18(11-8-14-28-20)15-25-21(23-4)26-16-19(27)24-13-12-17-9-6-5-7-10-17;/h5-7,9-10,18,20H,8,11-16H2,1-4H3,(H,24,27)(H2,23,25,26);1H. The third kappa shape index (κ3) is 9.33. The first-order chi connectivity index (χ1) is 13.4. The minimum Gasteiger partial charge on any atom is -0.377 e. The Morgan fingerprint density at radius 1 is 1.17 bits per heavy atom. The summed E-state index contributed by atoms with van der Waals surface area (Å²) >= 11 is 0. The largest absolute Gasteiger partial charge is 0.377 e. The number of carbonyl (C=O) groups excluding carboxylic acids is 1. The molecule has 0 aromatic heterocycles. The van der Waals surface area contributed by atoms with Crippen molar-refractivity contribution in [2.75, 3.05) is 33.3 Å². The minimum atomic E-state index is -0.0348. The van der Waals surface area contributed by atoms with Crippen molar-refractivity contribution in [1.82, 2.24) is 16.0 Å². The van der Waals surface area contributed by atoms with E-state index in [0.717, 1.165) is 32.4 Å². The normalized spacial score (nSPS) is 19.8. The topological polar surface area (TPSA) is 74.8 Å². The second-order valence-electron chi connectivity index (χ2n) is 8.45. The Bertz CT molecular complexity index is 631. The summed E-state index contributed by atoms with van der Waals surface area (Å²) < 4.78 is 6.04. The van der Waals surface area contributed by atoms with Crippen LogP contribution in [-0.2, 0) is 16.0 Å². The Balaban J connectivity index is 0.00000420. The molecule has 7 heteroatoms. The Hall–Kier alpha value is -1.35. The Morgan fingerprint density at radius 2 is 1.90 bits per heavy atom. The van der Waals surface area contributed by atoms with E-state index in [1.807, 2.05) is 18.2 Å². The van der Waals surface area contributed by atoms with Gasteiger partial charge in [0.25, 0.3) is 0 Å². The molecule has 1 aromatic carbocycles. The molecule has 0 radical (unpaired) electrons. The fourth-order valence-corrected chi connectivity index (χ4v) is 3.68. The van der Waals surface area contributed by atoms with Crippen molar-refractivity contribution < 1.29 is 9.53 Å². The first-order valence-corrected chi connectivity index (χ1v) is 10.3. The molecule has 164 valence electrons. The molecular weight excluding hydrogens is 479 g/mol. The second kappa shape index (κ2) is 13.1. The molecule has 0 saturated carbocycles. The maximum absolute atomic E-state index is 12.1. The van der Waals surface area contributed by atoms with Crippen LogP contribution in [0.3, 0.4) is 0 Å². The molecule has 2 unspecified atom stereocenters. The maximum Gasteiger partial charge on any atom is 0.239 e. The fourth-order valence-electron chi connectivity index (χ4n) is 3.68. The van der Waals surface area contributed by atoms with Crippen molar-refractivity contribution in [1.29, 1.82) is 0 Å². The number of nitrogens with one attached hydrogen (secondary N) is 3. The third-order valence-electron chi connectivity index (χ3n) is 5.05. The van der Waals surface area contributed by atoms with Gasteiger partial charge in [-0.3, -0.25) is 9.79 Å². The molecular formula is C22H37IN4O2. The highest BCUT2D eigenvalue weighted by Gasteiger charge is 2.35. The van der Waals surface area contributed by atoms with Crippen LogP contribution in [0.4, 0.5) is 0 Å². The second-order valence-corrected chi connectivity index (χ2v) is 8.45. The van der Waals surface area contributed by atoms with Crippen LogP contribution in [0.5, 0.6) is 0 Å². The van der Waals surface area contributed by atoms with Crippen molar-refractivity contribution in [3.63, 3.8) is 0 Å². The number of guanidine groups is 1. The van der Waals surface area contributed by atoms with Gasteiger partial charge in [-0.1, -0.05) is 51.1 Å². The Morgan fingerprint density at radius 3 is 2.55 bits per heavy atom. The number of aliphatic imine (C=N–C) groups is 1. The summed E-state index contributed by atoms with van der Waals surface area (Å²) in [6, 6.07) is 10.1. The lowest BCUT2D eigenvalue weighted by atomic mass is 9.78. The van der Waals surface area contributed by atoms with E-state index >= 15 is 0 Å². The predicted molar refractivity (Wildman–Crippen MR) is 130 cm³/mol. The monoisotopic (exact) mass is 516 g/mol. The average Bonchev–Trinajstić information content (AvgIpc) is 2.68. The highest BCUT2D eigenvalue weighted by atomic mass is 127. The summed E-state index contributed by atoms with van der Waals surface area (Å²) in [5, 5.41) is 9.39. The SMILES string of the molecule is CN=C(NCC(=O)NCCc1ccccc1)NCC1CCCOC1C(C)(C)C.I. The van der Waals surface area contributed by atoms with Crippen LogP contribution in [0, 0.1) is 11.3 Å². The van der Waals surface area contributed by atoms with Gasteiger partial charge in [-0.25, -0.2) is 0 Å². The van der Waals surface area contributed by atoms with E-state index in [1.165, 1.54) is 5.56 Å². The minimum absolute atomic E-state index is 0. The number of rotatable bonds is 7. The van der Waals surface area contributed by atoms with Crippen LogP contribution in [0.2, 0.25) is 0 Å². The Kier molecular flexibility index (Phi) is 11.6. The molecule has 2 rings (SSSR count). The van der Waals surface area contributed by atoms with E-state index in [9.17, 15) is 4.79 Å². The summed E-state index contributed by atoms with van der Waals surface area (Å²) in [5.41, 5.74) is 1.33. The Labute approximate surface area is 192 Å². The molecule has 0 aliphatic carbocycles. The number of halogens is 1. The lowest BCUT2D eigenvalue weighted by molar-refractivity contribution is -0.119. The van der Waals surface area contributed by atoms with Gasteiger partial charge in [0, 0.05) is 32.7 Å². The first kappa shape index (κ1) is 25.7. The van der Waals surface area contributed by atoms with Crippen molar-refractivity contribution >= 4 is 35.8 Å². The molecule has 1 fully saturated rings. The molecule has 1 heterocycles. The van der Waals surface area contributed by atoms with Crippen molar-refractivity contribution in [3.8, 4) is 0 Å². The molecule has 1 aliphatic heterocycles. The number of benzene rings is 1. The molecule has 1 amide bonds. The van der Waals surface area contributed by atoms with Gasteiger partial charge < -0.3 is 20.7 Å². The van der Waals surface area contributed by atoms with Crippen LogP contribution in [0.25, 0.3) is 0 Å². The molecule has 1 aromatic rings. The number of carbonyl (C=O) groups is 1. The zero-order valence-corrected chi connectivity index (χ0v) is 20.5. The number of amides is 1. The average molecular weight is 516 g/mol. The number of hydrogen-bond donors (Lipinski definition) is 3. The quantitative estimate of drug-likeness (QED) is 0.296. The van der Waals surface area contributed by atoms with Gasteiger partial charge in [0.1, 0.15) is 0 Å². The first-order valence-electron chi connectivity index (χ1n) is 10.3. The van der Waals surface area contributed by atoms with Gasteiger partial charge in [-0.2, -0.15) is 0 Å². The van der Waals surface area contributed by atoms with Gasteiger partial charge in [-0.05, 0) is 30.2 Å². The van der Waals surface area contributed by atoms with Gasteiger partial charge >= 0.3 is 0 Å². The van der Waals surface area contributed by atoms with Gasteiger partial charge in [0.15, 0.2) is 5.96 Å². The summed E-state index contributed by atoms with van der Waals surface area (Å²) in [6.45, 7) is 9.14. The van der Waals surface area contributed by atoms with Crippen LogP contribution in [-0.4, -0.2) is 51.3 Å². The van der Waals surface area contributed by atoms with E-state index in [0.29, 0.717) is 18.4 Å². The zero-order chi connectivity index (χ0) is 20.4. The highest BCUT2D eigenvalue weighted by molar-refractivity contribution is 14.0. The van der Waals surface area contributed by atoms with Gasteiger partial charge in [0.2, 0.25) is 5.91 Å². The van der Waals surface area contributed by atoms with Crippen LogP contribution in [0.1, 0.15) is 39.2 Å². The summed E-state index contributed by atoms with van der Waals surface area (Å²) in [4.78, 5) is 16.3. The number of nitrogens with zero attached hydrogens (tertiary/aromatic N) is 1. The van der Waals surface area contributed by atoms with E-state index < -0.39 is 0 Å². The molecule has 3 N–H and O–H groups in total. The highest BCUT2D eigenvalue weighted by Crippen LogP contribution is 2.33. The van der Waals surface area contributed by atoms with Gasteiger partial charge in [-0.15, -0.1) is 24.0 Å². The number of ether oxygens (including phenoxy) is 1. The molecule has 0 bridgehead atoms. The maximum atomic E-state index is 12.1. The molecule has 2 atom stereocenters. The van der Waals surface area contributed by atoms with Gasteiger partial charge in [0.05, 0.1) is 12.6 Å². The molecule has 29 heavy (non-hydrogen) atoms. The van der Waals surface area contributed by atoms with Crippen LogP contribution < -0.4 is 16.0 Å². The van der Waals surface area contributed by atoms with Crippen molar-refractivity contribution in [2.24, 2.45) is 16.3 Å². The molecule has 1 saturated heterocycles. The van der Waals surface area contributed by atoms with Crippen molar-refractivity contribution in [3.05, 3.63) is 35.9 Å². The fraction of sp³-hybridized carbons (Fsp3) is 0.636. The molecule has 6 nitrogen and oxygen atoms in total. The lowest BCUT2D eigenvalue weighted by Crippen LogP contribution is -2.49. The summed E-state index contributed by atoms with van der Waals surface area (Å²) in [7, 11) is 1.72.